The maximum absolute atomic E-state index is 5.30. The topological polar surface area (TPSA) is 52.0 Å². The monoisotopic (exact) mass is 238 g/mol. The summed E-state index contributed by atoms with van der Waals surface area (Å²) < 4.78 is 7.10. The number of aryl methyl sites for hydroxylation is 1. The molecule has 5 nitrogen and oxygen atoms in total. The van der Waals surface area contributed by atoms with Crippen molar-refractivity contribution in [2.75, 3.05) is 14.2 Å². The predicted molar refractivity (Wildman–Crippen MR) is 62.8 cm³/mol. The molecule has 1 N–H and O–H groups in total. The Labute approximate surface area is 98.1 Å². The van der Waals surface area contributed by atoms with Crippen LogP contribution in [0.3, 0.4) is 0 Å². The van der Waals surface area contributed by atoms with Crippen LogP contribution in [-0.4, -0.2) is 28.9 Å². The molecule has 0 bridgehead atoms. The van der Waals surface area contributed by atoms with Crippen molar-refractivity contribution in [1.29, 1.82) is 0 Å². The Balaban J connectivity index is 2.44. The Morgan fingerprint density at radius 3 is 2.94 bits per heavy atom. The highest BCUT2D eigenvalue weighted by atomic mass is 32.1. The molecule has 0 radical (unpaired) electrons. The van der Waals surface area contributed by atoms with Crippen molar-refractivity contribution in [3.63, 3.8) is 0 Å². The molecule has 86 valence electrons. The second-order valence-electron chi connectivity index (χ2n) is 3.36. The van der Waals surface area contributed by atoms with E-state index in [9.17, 15) is 0 Å². The van der Waals surface area contributed by atoms with Gasteiger partial charge in [-0.05, 0) is 7.05 Å². The quantitative estimate of drug-likeness (QED) is 0.869. The molecule has 2 heterocycles. The first kappa shape index (κ1) is 11.1. The van der Waals surface area contributed by atoms with Gasteiger partial charge in [0.15, 0.2) is 5.75 Å². The molecule has 16 heavy (non-hydrogen) atoms. The van der Waals surface area contributed by atoms with Crippen LogP contribution in [0, 0.1) is 0 Å². The van der Waals surface area contributed by atoms with Crippen LogP contribution < -0.4 is 10.1 Å². The second-order valence-corrected chi connectivity index (χ2v) is 4.08. The lowest BCUT2D eigenvalue weighted by molar-refractivity contribution is 0.402. The van der Waals surface area contributed by atoms with Crippen molar-refractivity contribution in [3.05, 3.63) is 28.5 Å². The zero-order valence-electron chi connectivity index (χ0n) is 9.47. The molecule has 0 amide bonds. The van der Waals surface area contributed by atoms with Gasteiger partial charge in [-0.15, -0.1) is 11.3 Å². The number of hydrogen-bond donors (Lipinski definition) is 1. The molecule has 0 spiro atoms. The summed E-state index contributed by atoms with van der Waals surface area (Å²) in [5.74, 6) is 0.773. The van der Waals surface area contributed by atoms with E-state index in [0.717, 1.165) is 17.1 Å². The highest BCUT2D eigenvalue weighted by Gasteiger charge is 2.22. The van der Waals surface area contributed by atoms with Gasteiger partial charge in [-0.2, -0.15) is 5.10 Å². The van der Waals surface area contributed by atoms with Gasteiger partial charge in [0.1, 0.15) is 5.69 Å². The summed E-state index contributed by atoms with van der Waals surface area (Å²) in [6.07, 6.45) is 1.71. The fourth-order valence-electron chi connectivity index (χ4n) is 1.70. The average Bonchev–Trinajstić information content (AvgIpc) is 2.91. The summed E-state index contributed by atoms with van der Waals surface area (Å²) >= 11 is 1.58. The molecular weight excluding hydrogens is 224 g/mol. The molecule has 1 atom stereocenters. The van der Waals surface area contributed by atoms with E-state index in [1.807, 2.05) is 25.0 Å². The number of nitrogens with one attached hydrogen (secondary N) is 1. The van der Waals surface area contributed by atoms with Crippen LogP contribution in [0.15, 0.2) is 17.1 Å². The lowest BCUT2D eigenvalue weighted by Gasteiger charge is -2.15. The molecule has 0 aliphatic carbocycles. The summed E-state index contributed by atoms with van der Waals surface area (Å²) in [6, 6.07) is 0.00806. The highest BCUT2D eigenvalue weighted by molar-refractivity contribution is 7.07. The minimum Gasteiger partial charge on any atom is -0.493 e. The summed E-state index contributed by atoms with van der Waals surface area (Å²) in [7, 11) is 5.44. The Bertz CT molecular complexity index is 451. The largest absolute Gasteiger partial charge is 0.493 e. The highest BCUT2D eigenvalue weighted by Crippen LogP contribution is 2.28. The van der Waals surface area contributed by atoms with Crippen LogP contribution in [0.2, 0.25) is 0 Å². The summed E-state index contributed by atoms with van der Waals surface area (Å²) in [5, 5.41) is 9.44. The standard InChI is InChI=1S/C10H14N4OS/c1-11-9(7-5-16-6-12-7)10-8(15-3)4-13-14(10)2/h4-6,9,11H,1-3H3. The maximum Gasteiger partial charge on any atom is 0.161 e. The van der Waals surface area contributed by atoms with Gasteiger partial charge in [0.2, 0.25) is 0 Å². The van der Waals surface area contributed by atoms with E-state index in [1.165, 1.54) is 0 Å². The van der Waals surface area contributed by atoms with Crippen molar-refractivity contribution in [3.8, 4) is 5.75 Å². The lowest BCUT2D eigenvalue weighted by Crippen LogP contribution is -2.21. The van der Waals surface area contributed by atoms with Gasteiger partial charge in [0.05, 0.1) is 30.6 Å². The van der Waals surface area contributed by atoms with Gasteiger partial charge in [-0.25, -0.2) is 4.98 Å². The lowest BCUT2D eigenvalue weighted by atomic mass is 10.1. The Morgan fingerprint density at radius 1 is 1.56 bits per heavy atom. The Kier molecular flexibility index (Phi) is 3.21. The predicted octanol–water partition coefficient (Wildman–Crippen LogP) is 1.19. The van der Waals surface area contributed by atoms with Crippen molar-refractivity contribution >= 4 is 11.3 Å². The fourth-order valence-corrected chi connectivity index (χ4v) is 2.28. The molecule has 0 fully saturated rings. The van der Waals surface area contributed by atoms with Gasteiger partial charge in [0, 0.05) is 12.4 Å². The van der Waals surface area contributed by atoms with Gasteiger partial charge >= 0.3 is 0 Å². The number of hydrogen-bond acceptors (Lipinski definition) is 5. The molecule has 2 aromatic rings. The molecule has 0 aromatic carbocycles. The van der Waals surface area contributed by atoms with E-state index in [2.05, 4.69) is 15.4 Å². The molecule has 2 rings (SSSR count). The fraction of sp³-hybridized carbons (Fsp3) is 0.400. The third-order valence-corrected chi connectivity index (χ3v) is 3.08. The van der Waals surface area contributed by atoms with Gasteiger partial charge in [-0.1, -0.05) is 0 Å². The normalized spacial score (nSPS) is 12.7. The molecule has 2 aromatic heterocycles. The Hall–Kier alpha value is -1.40. The average molecular weight is 238 g/mol. The van der Waals surface area contributed by atoms with Gasteiger partial charge < -0.3 is 10.1 Å². The third-order valence-electron chi connectivity index (χ3n) is 2.48. The zero-order chi connectivity index (χ0) is 11.5. The number of ether oxygens (including phenoxy) is 1. The van der Waals surface area contributed by atoms with Crippen molar-refractivity contribution in [2.45, 2.75) is 6.04 Å². The first-order valence-electron chi connectivity index (χ1n) is 4.89. The van der Waals surface area contributed by atoms with Crippen LogP contribution >= 0.6 is 11.3 Å². The van der Waals surface area contributed by atoms with Crippen LogP contribution in [0.4, 0.5) is 0 Å². The van der Waals surface area contributed by atoms with Crippen molar-refractivity contribution < 1.29 is 4.74 Å². The van der Waals surface area contributed by atoms with Gasteiger partial charge in [-0.3, -0.25) is 4.68 Å². The molecule has 0 saturated carbocycles. The minimum absolute atomic E-state index is 0.00806. The van der Waals surface area contributed by atoms with E-state index in [-0.39, 0.29) is 6.04 Å². The summed E-state index contributed by atoms with van der Waals surface area (Å²) in [6.45, 7) is 0. The van der Waals surface area contributed by atoms with Crippen LogP contribution in [-0.2, 0) is 7.05 Å². The van der Waals surface area contributed by atoms with E-state index in [4.69, 9.17) is 4.74 Å². The van der Waals surface area contributed by atoms with Crippen LogP contribution in [0.25, 0.3) is 0 Å². The molecule has 1 unspecified atom stereocenters. The van der Waals surface area contributed by atoms with E-state index >= 15 is 0 Å². The number of methoxy groups -OCH3 is 1. The van der Waals surface area contributed by atoms with E-state index in [0.29, 0.717) is 0 Å². The summed E-state index contributed by atoms with van der Waals surface area (Å²) in [5.41, 5.74) is 3.79. The number of rotatable bonds is 4. The number of aromatic nitrogens is 3. The van der Waals surface area contributed by atoms with Gasteiger partial charge in [0.25, 0.3) is 0 Å². The zero-order valence-corrected chi connectivity index (χ0v) is 10.3. The molecular formula is C10H14N4OS. The Morgan fingerprint density at radius 2 is 2.38 bits per heavy atom. The van der Waals surface area contributed by atoms with Crippen molar-refractivity contribution in [1.82, 2.24) is 20.1 Å². The SMILES string of the molecule is CNC(c1cscn1)c1c(OC)cnn1C. The maximum atomic E-state index is 5.30. The van der Waals surface area contributed by atoms with Crippen LogP contribution in [0.1, 0.15) is 17.4 Å². The van der Waals surface area contributed by atoms with Crippen LogP contribution in [0.5, 0.6) is 5.75 Å². The smallest absolute Gasteiger partial charge is 0.161 e. The first-order chi connectivity index (χ1) is 7.77. The summed E-state index contributed by atoms with van der Waals surface area (Å²) in [4.78, 5) is 4.32. The molecule has 0 saturated heterocycles. The molecule has 0 aliphatic heterocycles. The number of thiazole rings is 1. The van der Waals surface area contributed by atoms with E-state index in [1.54, 1.807) is 29.3 Å². The second kappa shape index (κ2) is 4.63. The molecule has 6 heteroatoms. The third kappa shape index (κ3) is 1.81. The van der Waals surface area contributed by atoms with Crippen molar-refractivity contribution in [2.24, 2.45) is 7.05 Å². The molecule has 0 aliphatic rings. The first-order valence-corrected chi connectivity index (χ1v) is 5.83. The minimum atomic E-state index is 0.00806. The van der Waals surface area contributed by atoms with E-state index < -0.39 is 0 Å². The number of nitrogens with zero attached hydrogens (tertiary/aromatic N) is 3.